The van der Waals surface area contributed by atoms with Gasteiger partial charge in [-0.05, 0) is 30.4 Å². The van der Waals surface area contributed by atoms with Crippen molar-refractivity contribution in [3.05, 3.63) is 71.8 Å². The summed E-state index contributed by atoms with van der Waals surface area (Å²) >= 11 is 0. The van der Waals surface area contributed by atoms with Crippen LogP contribution in [0.3, 0.4) is 0 Å². The van der Waals surface area contributed by atoms with Crippen LogP contribution in [0.2, 0.25) is 0 Å². The molecule has 0 saturated heterocycles. The van der Waals surface area contributed by atoms with Crippen molar-refractivity contribution in [3.63, 3.8) is 0 Å². The maximum absolute atomic E-state index is 13.3. The second-order valence-electron chi connectivity index (χ2n) is 9.98. The number of nitrogens with one attached hydrogen (secondary N) is 4. The zero-order valence-electron chi connectivity index (χ0n) is 24.5. The molecule has 2 aromatic rings. The van der Waals surface area contributed by atoms with Gasteiger partial charge in [-0.25, -0.2) is 9.59 Å². The summed E-state index contributed by atoms with van der Waals surface area (Å²) in [6.07, 6.45) is -0.0589. The average molecular weight is 571 g/mol. The van der Waals surface area contributed by atoms with E-state index in [1.807, 2.05) is 60.7 Å². The molecule has 0 fully saturated rings. The number of urea groups is 1. The molecule has 0 spiro atoms. The predicted octanol–water partition coefficient (Wildman–Crippen LogP) is 1.95. The van der Waals surface area contributed by atoms with Crippen LogP contribution in [-0.4, -0.2) is 75.6 Å². The summed E-state index contributed by atoms with van der Waals surface area (Å²) in [7, 11) is 4.21. The second kappa shape index (κ2) is 17.0. The summed E-state index contributed by atoms with van der Waals surface area (Å²) < 4.78 is 15.7. The van der Waals surface area contributed by atoms with Gasteiger partial charge in [0, 0.05) is 20.6 Å². The van der Waals surface area contributed by atoms with Gasteiger partial charge in [0.15, 0.2) is 6.29 Å². The average Bonchev–Trinajstić information content (AvgIpc) is 2.96. The molecule has 0 radical (unpaired) electrons. The summed E-state index contributed by atoms with van der Waals surface area (Å²) in [4.78, 5) is 51.3. The lowest BCUT2D eigenvalue weighted by Gasteiger charge is -2.30. The van der Waals surface area contributed by atoms with Gasteiger partial charge in [-0.15, -0.1) is 0 Å². The highest BCUT2D eigenvalue weighted by molar-refractivity contribution is 5.92. The van der Waals surface area contributed by atoms with E-state index in [4.69, 9.17) is 14.2 Å². The largest absolute Gasteiger partial charge is 0.467 e. The Labute approximate surface area is 241 Å². The first kappa shape index (κ1) is 33.2. The SMILES string of the molecule is COC(=O)[C@H](Cc1ccccc1)NC(=O)N[C@@H](C)C(=O)N[C@H](C(=O)N[C@@H](Cc1ccccc1)C(OC)OC)C(C)C. The maximum Gasteiger partial charge on any atom is 0.328 e. The Balaban J connectivity index is 2.03. The van der Waals surface area contributed by atoms with Gasteiger partial charge in [-0.1, -0.05) is 74.5 Å². The molecule has 4 N–H and O–H groups in total. The Kier molecular flexibility index (Phi) is 13.8. The van der Waals surface area contributed by atoms with Gasteiger partial charge < -0.3 is 35.5 Å². The molecule has 0 saturated carbocycles. The van der Waals surface area contributed by atoms with E-state index in [-0.39, 0.29) is 12.3 Å². The topological polar surface area (TPSA) is 144 Å². The lowest BCUT2D eigenvalue weighted by atomic mass is 10.0. The van der Waals surface area contributed by atoms with Crippen molar-refractivity contribution in [1.82, 2.24) is 21.3 Å². The third-order valence-corrected chi connectivity index (χ3v) is 6.48. The fourth-order valence-corrected chi connectivity index (χ4v) is 4.24. The van der Waals surface area contributed by atoms with Gasteiger partial charge in [0.2, 0.25) is 11.8 Å². The van der Waals surface area contributed by atoms with Crippen LogP contribution in [0.4, 0.5) is 4.79 Å². The number of methoxy groups -OCH3 is 3. The van der Waals surface area contributed by atoms with Gasteiger partial charge in [0.05, 0.1) is 13.2 Å². The van der Waals surface area contributed by atoms with E-state index in [1.165, 1.54) is 28.3 Å². The minimum Gasteiger partial charge on any atom is -0.467 e. The number of hydrogen-bond donors (Lipinski definition) is 4. The van der Waals surface area contributed by atoms with E-state index in [9.17, 15) is 19.2 Å². The number of hydrogen-bond acceptors (Lipinski definition) is 7. The van der Waals surface area contributed by atoms with Crippen molar-refractivity contribution in [2.24, 2.45) is 5.92 Å². The number of rotatable bonds is 15. The number of esters is 1. The molecule has 2 aromatic carbocycles. The number of carbonyl (C=O) groups is 4. The third kappa shape index (κ3) is 10.8. The standard InChI is InChI=1S/C30H42N4O7/c1-19(2)25(27(36)32-24(29(40-5)41-6)18-22-15-11-8-12-16-22)34-26(35)20(3)31-30(38)33-23(28(37)39-4)17-21-13-9-7-10-14-21/h7-16,19-20,23-25,29H,17-18H2,1-6H3,(H,32,36)(H,34,35)(H2,31,33,38)/t20-,23-,24-,25-/m0/s1. The van der Waals surface area contributed by atoms with Gasteiger partial charge in [0.1, 0.15) is 18.1 Å². The maximum atomic E-state index is 13.3. The molecule has 0 bridgehead atoms. The summed E-state index contributed by atoms with van der Waals surface area (Å²) in [5.74, 6) is -1.87. The van der Waals surface area contributed by atoms with E-state index in [2.05, 4.69) is 21.3 Å². The Hall–Kier alpha value is -3.96. The molecule has 4 atom stereocenters. The highest BCUT2D eigenvalue weighted by Gasteiger charge is 2.31. The molecule has 11 heteroatoms. The zero-order chi connectivity index (χ0) is 30.4. The number of benzene rings is 2. The van der Waals surface area contributed by atoms with Crippen molar-refractivity contribution in [3.8, 4) is 0 Å². The van der Waals surface area contributed by atoms with Crippen LogP contribution in [0, 0.1) is 5.92 Å². The lowest BCUT2D eigenvalue weighted by Crippen LogP contribution is -2.59. The zero-order valence-corrected chi connectivity index (χ0v) is 24.5. The Morgan fingerprint density at radius 1 is 0.683 bits per heavy atom. The van der Waals surface area contributed by atoms with Gasteiger partial charge in [-0.2, -0.15) is 0 Å². The molecule has 0 aromatic heterocycles. The second-order valence-corrected chi connectivity index (χ2v) is 9.98. The smallest absolute Gasteiger partial charge is 0.328 e. The number of ether oxygens (including phenoxy) is 3. The van der Waals surface area contributed by atoms with E-state index < -0.39 is 54.3 Å². The van der Waals surface area contributed by atoms with E-state index in [0.29, 0.717) is 6.42 Å². The van der Waals surface area contributed by atoms with Crippen molar-refractivity contribution in [2.75, 3.05) is 21.3 Å². The summed E-state index contributed by atoms with van der Waals surface area (Å²) in [6, 6.07) is 14.6. The first-order valence-corrected chi connectivity index (χ1v) is 13.5. The van der Waals surface area contributed by atoms with Crippen molar-refractivity contribution < 1.29 is 33.4 Å². The Bertz CT molecular complexity index is 1110. The molecular formula is C30H42N4O7. The quantitative estimate of drug-likeness (QED) is 0.189. The normalized spacial score (nSPS) is 14.0. The number of carbonyl (C=O) groups excluding carboxylic acids is 4. The summed E-state index contributed by atoms with van der Waals surface area (Å²) in [6.45, 7) is 5.09. The van der Waals surface area contributed by atoms with Gasteiger partial charge in [0.25, 0.3) is 0 Å². The van der Waals surface area contributed by atoms with Gasteiger partial charge >= 0.3 is 12.0 Å². The van der Waals surface area contributed by atoms with E-state index in [1.54, 1.807) is 13.8 Å². The Morgan fingerprint density at radius 2 is 1.22 bits per heavy atom. The molecule has 224 valence electrons. The van der Waals surface area contributed by atoms with Crippen LogP contribution < -0.4 is 21.3 Å². The van der Waals surface area contributed by atoms with Crippen molar-refractivity contribution in [1.29, 1.82) is 0 Å². The van der Waals surface area contributed by atoms with E-state index in [0.717, 1.165) is 11.1 Å². The van der Waals surface area contributed by atoms with E-state index >= 15 is 0 Å². The molecule has 11 nitrogen and oxygen atoms in total. The monoisotopic (exact) mass is 570 g/mol. The van der Waals surface area contributed by atoms with Crippen LogP contribution in [0.25, 0.3) is 0 Å². The minimum atomic E-state index is -1.01. The molecule has 0 aliphatic carbocycles. The summed E-state index contributed by atoms with van der Waals surface area (Å²) in [5, 5.41) is 10.8. The van der Waals surface area contributed by atoms with Gasteiger partial charge in [-0.3, -0.25) is 9.59 Å². The highest BCUT2D eigenvalue weighted by Crippen LogP contribution is 2.11. The van der Waals surface area contributed by atoms with Crippen LogP contribution in [-0.2, 0) is 41.4 Å². The van der Waals surface area contributed by atoms with Crippen molar-refractivity contribution in [2.45, 2.75) is 64.1 Å². The molecule has 2 rings (SSSR count). The van der Waals surface area contributed by atoms with Crippen LogP contribution in [0.1, 0.15) is 31.9 Å². The molecule has 0 unspecified atom stereocenters. The van der Waals surface area contributed by atoms with Crippen molar-refractivity contribution >= 4 is 23.8 Å². The molecule has 4 amide bonds. The van der Waals surface area contributed by atoms with Crippen LogP contribution >= 0.6 is 0 Å². The molecule has 0 aliphatic rings. The highest BCUT2D eigenvalue weighted by atomic mass is 16.7. The minimum absolute atomic E-state index is 0.213. The molecule has 0 heterocycles. The number of amides is 4. The summed E-state index contributed by atoms with van der Waals surface area (Å²) in [5.41, 5.74) is 1.80. The third-order valence-electron chi connectivity index (χ3n) is 6.48. The fourth-order valence-electron chi connectivity index (χ4n) is 4.24. The first-order chi connectivity index (χ1) is 19.6. The molecular weight excluding hydrogens is 528 g/mol. The Morgan fingerprint density at radius 3 is 1.71 bits per heavy atom. The predicted molar refractivity (Wildman–Crippen MR) is 154 cm³/mol. The van der Waals surface area contributed by atoms with Crippen LogP contribution in [0.5, 0.6) is 0 Å². The lowest BCUT2D eigenvalue weighted by molar-refractivity contribution is -0.142. The first-order valence-electron chi connectivity index (χ1n) is 13.5. The van der Waals surface area contributed by atoms with Crippen LogP contribution in [0.15, 0.2) is 60.7 Å². The molecule has 41 heavy (non-hydrogen) atoms. The fraction of sp³-hybridized carbons (Fsp3) is 0.467. The molecule has 0 aliphatic heterocycles.